The maximum absolute atomic E-state index is 13.2. The summed E-state index contributed by atoms with van der Waals surface area (Å²) < 4.78 is 26.3. The molecule has 1 aromatic carbocycles. The maximum atomic E-state index is 13.2. The maximum Gasteiger partial charge on any atom is 0.182 e. The summed E-state index contributed by atoms with van der Waals surface area (Å²) in [6, 6.07) is 2.04. The minimum Gasteiger partial charge on any atom is -0.313 e. The number of Topliss-reactive ketones (excluding diaryl/α,β-unsaturated/α-hetero) is 1. The highest BCUT2D eigenvalue weighted by Gasteiger charge is 2.18. The van der Waals surface area contributed by atoms with E-state index in [9.17, 15) is 13.6 Å². The molecule has 0 saturated carbocycles. The lowest BCUT2D eigenvalue weighted by Crippen LogP contribution is -2.20. The second kappa shape index (κ2) is 4.48. The third-order valence-corrected chi connectivity index (χ3v) is 1.95. The Morgan fingerprint density at radius 3 is 2.71 bits per heavy atom. The van der Waals surface area contributed by atoms with Gasteiger partial charge in [-0.3, -0.25) is 4.79 Å². The molecule has 0 aromatic heterocycles. The van der Waals surface area contributed by atoms with Crippen molar-refractivity contribution in [2.24, 2.45) is 0 Å². The summed E-state index contributed by atoms with van der Waals surface area (Å²) in [5, 5.41) is 2.26. The van der Waals surface area contributed by atoms with Crippen LogP contribution in [0.4, 0.5) is 8.78 Å². The molecule has 1 N–H and O–H groups in total. The number of benzene rings is 1. The third-order valence-electron chi connectivity index (χ3n) is 1.66. The number of hydrogen-bond acceptors (Lipinski definition) is 2. The first-order valence-electron chi connectivity index (χ1n) is 3.89. The van der Waals surface area contributed by atoms with Crippen LogP contribution in [0.3, 0.4) is 0 Å². The fraction of sp³-hybridized carbons (Fsp3) is 0.222. The Kier molecular flexibility index (Phi) is 3.55. The van der Waals surface area contributed by atoms with Gasteiger partial charge < -0.3 is 5.32 Å². The van der Waals surface area contributed by atoms with E-state index >= 15 is 0 Å². The van der Waals surface area contributed by atoms with Crippen molar-refractivity contribution in [2.75, 3.05) is 13.6 Å². The minimum atomic E-state index is -1.01. The van der Waals surface area contributed by atoms with E-state index in [4.69, 9.17) is 11.6 Å². The molecular formula is C9H8ClF2NO. The van der Waals surface area contributed by atoms with Gasteiger partial charge in [-0.1, -0.05) is 11.6 Å². The van der Waals surface area contributed by atoms with Gasteiger partial charge in [-0.2, -0.15) is 0 Å². The molecule has 1 aromatic rings. The van der Waals surface area contributed by atoms with Crippen molar-refractivity contribution in [2.45, 2.75) is 0 Å². The molecular weight excluding hydrogens is 212 g/mol. The van der Waals surface area contributed by atoms with E-state index in [1.807, 2.05) is 0 Å². The summed E-state index contributed by atoms with van der Waals surface area (Å²) in [5.41, 5.74) is -0.591. The number of rotatable bonds is 3. The van der Waals surface area contributed by atoms with Crippen molar-refractivity contribution >= 4 is 17.4 Å². The second-order valence-corrected chi connectivity index (χ2v) is 3.08. The number of nitrogens with one attached hydrogen (secondary N) is 1. The van der Waals surface area contributed by atoms with E-state index in [1.165, 1.54) is 7.05 Å². The molecule has 0 aliphatic rings. The fourth-order valence-corrected chi connectivity index (χ4v) is 1.19. The van der Waals surface area contributed by atoms with Gasteiger partial charge >= 0.3 is 0 Å². The summed E-state index contributed by atoms with van der Waals surface area (Å²) in [7, 11) is 1.51. The molecule has 2 nitrogen and oxygen atoms in total. The Balaban J connectivity index is 3.18. The third kappa shape index (κ3) is 2.08. The molecule has 0 fully saturated rings. The van der Waals surface area contributed by atoms with Crippen LogP contribution in [-0.2, 0) is 0 Å². The zero-order chi connectivity index (χ0) is 10.7. The van der Waals surface area contributed by atoms with Crippen molar-refractivity contribution < 1.29 is 13.6 Å². The molecule has 76 valence electrons. The molecule has 0 amide bonds. The van der Waals surface area contributed by atoms with Gasteiger partial charge in [-0.05, 0) is 19.2 Å². The van der Waals surface area contributed by atoms with Crippen LogP contribution in [0.25, 0.3) is 0 Å². The average molecular weight is 220 g/mol. The molecule has 0 aliphatic heterocycles. The summed E-state index contributed by atoms with van der Waals surface area (Å²) in [4.78, 5) is 11.2. The summed E-state index contributed by atoms with van der Waals surface area (Å²) in [6.45, 7) is -0.131. The van der Waals surface area contributed by atoms with Crippen LogP contribution < -0.4 is 5.32 Å². The highest BCUT2D eigenvalue weighted by atomic mass is 35.5. The molecule has 0 aliphatic carbocycles. The normalized spacial score (nSPS) is 10.3. The topological polar surface area (TPSA) is 29.1 Å². The lowest BCUT2D eigenvalue weighted by molar-refractivity contribution is 0.0985. The van der Waals surface area contributed by atoms with Gasteiger partial charge in [0.15, 0.2) is 11.6 Å². The summed E-state index contributed by atoms with van der Waals surface area (Å²) in [6.07, 6.45) is 0. The smallest absolute Gasteiger partial charge is 0.182 e. The van der Waals surface area contributed by atoms with Crippen molar-refractivity contribution in [1.82, 2.24) is 5.32 Å². The van der Waals surface area contributed by atoms with E-state index in [1.54, 1.807) is 0 Å². The summed E-state index contributed by atoms with van der Waals surface area (Å²) in [5.74, 6) is -2.57. The van der Waals surface area contributed by atoms with Crippen molar-refractivity contribution in [3.8, 4) is 0 Å². The number of likely N-dealkylation sites (N-methyl/N-ethyl adjacent to an activating group) is 1. The quantitative estimate of drug-likeness (QED) is 0.623. The molecule has 0 atom stereocenters. The van der Waals surface area contributed by atoms with E-state index < -0.39 is 23.0 Å². The lowest BCUT2D eigenvalue weighted by Gasteiger charge is -2.04. The molecule has 0 spiro atoms. The monoisotopic (exact) mass is 219 g/mol. The fourth-order valence-electron chi connectivity index (χ4n) is 1.03. The van der Waals surface area contributed by atoms with E-state index in [-0.39, 0.29) is 11.6 Å². The number of carbonyl (C=O) groups is 1. The van der Waals surface area contributed by atoms with Crippen molar-refractivity contribution in [1.29, 1.82) is 0 Å². The highest BCUT2D eigenvalue weighted by Crippen LogP contribution is 2.21. The van der Waals surface area contributed by atoms with Gasteiger partial charge in [0.05, 0.1) is 17.1 Å². The van der Waals surface area contributed by atoms with Crippen molar-refractivity contribution in [3.63, 3.8) is 0 Å². The van der Waals surface area contributed by atoms with Crippen LogP contribution in [0.2, 0.25) is 5.02 Å². The molecule has 0 heterocycles. The van der Waals surface area contributed by atoms with E-state index in [0.29, 0.717) is 0 Å². The van der Waals surface area contributed by atoms with Crippen molar-refractivity contribution in [3.05, 3.63) is 34.4 Å². The molecule has 5 heteroatoms. The van der Waals surface area contributed by atoms with Gasteiger partial charge in [0.1, 0.15) is 5.82 Å². The Morgan fingerprint density at radius 1 is 1.50 bits per heavy atom. The number of ketones is 1. The first kappa shape index (κ1) is 11.1. The highest BCUT2D eigenvalue weighted by molar-refractivity contribution is 6.31. The minimum absolute atomic E-state index is 0.131. The predicted molar refractivity (Wildman–Crippen MR) is 49.6 cm³/mol. The number of hydrogen-bond donors (Lipinski definition) is 1. The van der Waals surface area contributed by atoms with E-state index in [0.717, 1.165) is 12.1 Å². The molecule has 0 unspecified atom stereocenters. The lowest BCUT2D eigenvalue weighted by atomic mass is 10.1. The van der Waals surface area contributed by atoms with Gasteiger partial charge in [0.25, 0.3) is 0 Å². The molecule has 0 radical (unpaired) electrons. The largest absolute Gasteiger partial charge is 0.313 e. The molecule has 1 rings (SSSR count). The number of carbonyl (C=O) groups excluding carboxylic acids is 1. The van der Waals surface area contributed by atoms with Crippen LogP contribution in [0.5, 0.6) is 0 Å². The molecule has 14 heavy (non-hydrogen) atoms. The van der Waals surface area contributed by atoms with Gasteiger partial charge in [0, 0.05) is 0 Å². The number of halogens is 3. The van der Waals surface area contributed by atoms with E-state index in [2.05, 4.69) is 5.32 Å². The zero-order valence-electron chi connectivity index (χ0n) is 7.40. The standard InChI is InChI=1S/C9H8ClF2NO/c1-13-4-7(14)8-6(11)3-2-5(10)9(8)12/h2-3,13H,4H2,1H3. The SMILES string of the molecule is CNCC(=O)c1c(F)ccc(Cl)c1F. The Labute approximate surface area is 84.9 Å². The Hall–Kier alpha value is -1.000. The van der Waals surface area contributed by atoms with Gasteiger partial charge in [-0.25, -0.2) is 8.78 Å². The van der Waals surface area contributed by atoms with Gasteiger partial charge in [-0.15, -0.1) is 0 Å². The van der Waals surface area contributed by atoms with Crippen LogP contribution in [0, 0.1) is 11.6 Å². The first-order chi connectivity index (χ1) is 6.57. The Morgan fingerprint density at radius 2 is 2.14 bits per heavy atom. The Bertz CT molecular complexity index is 368. The van der Waals surface area contributed by atoms with Gasteiger partial charge in [0.2, 0.25) is 0 Å². The van der Waals surface area contributed by atoms with Crippen LogP contribution in [-0.4, -0.2) is 19.4 Å². The zero-order valence-corrected chi connectivity index (χ0v) is 8.16. The molecule has 0 saturated heterocycles. The van der Waals surface area contributed by atoms with Crippen LogP contribution in [0.15, 0.2) is 12.1 Å². The van der Waals surface area contributed by atoms with Crippen LogP contribution in [0.1, 0.15) is 10.4 Å². The molecule has 0 bridgehead atoms. The second-order valence-electron chi connectivity index (χ2n) is 2.67. The van der Waals surface area contributed by atoms with Crippen LogP contribution >= 0.6 is 11.6 Å². The summed E-state index contributed by atoms with van der Waals surface area (Å²) >= 11 is 5.42. The predicted octanol–water partition coefficient (Wildman–Crippen LogP) is 2.02. The first-order valence-corrected chi connectivity index (χ1v) is 4.27. The average Bonchev–Trinajstić information content (AvgIpc) is 2.13.